The van der Waals surface area contributed by atoms with E-state index in [-0.39, 0.29) is 28.8 Å². The number of aromatic nitrogens is 2. The molecule has 2 atom stereocenters. The molecule has 0 spiro atoms. The van der Waals surface area contributed by atoms with Crippen LogP contribution < -0.4 is 20.7 Å². The van der Waals surface area contributed by atoms with Crippen molar-refractivity contribution in [1.29, 1.82) is 0 Å². The molecule has 2 aromatic heterocycles. The van der Waals surface area contributed by atoms with Gasteiger partial charge in [0.15, 0.2) is 29.8 Å². The first-order valence-corrected chi connectivity index (χ1v) is 12.5. The van der Waals surface area contributed by atoms with Gasteiger partial charge in [0.2, 0.25) is 0 Å². The molecule has 0 bridgehead atoms. The van der Waals surface area contributed by atoms with Crippen molar-refractivity contribution in [2.45, 2.75) is 37.9 Å². The molecule has 0 aliphatic carbocycles. The van der Waals surface area contributed by atoms with Crippen molar-refractivity contribution in [2.24, 2.45) is 5.16 Å². The molecule has 0 saturated carbocycles. The fourth-order valence-electron chi connectivity index (χ4n) is 3.80. The number of β-lactam (4-membered cyclic amide) rings is 1. The molecule has 2 aromatic rings. The smallest absolute Gasteiger partial charge is 0.407 e. The third kappa shape index (κ3) is 5.16. The predicted octanol–water partition coefficient (Wildman–Crippen LogP) is -0.377. The van der Waals surface area contributed by atoms with Gasteiger partial charge in [-0.1, -0.05) is 12.1 Å². The van der Waals surface area contributed by atoms with Crippen molar-refractivity contribution < 1.29 is 37.7 Å². The molecule has 1 unspecified atom stereocenters. The third-order valence-electron chi connectivity index (χ3n) is 5.43. The SMILES string of the molecule is CCc1ccc[n+](CC2=C(C(=O)[O-])N3C(=O)C(NC(=O)C(=NOC(F)F)c4csc(N)n4)[C@H]3SC2)c1. The maximum absolute atomic E-state index is 12.9. The number of nitrogens with two attached hydrogens (primary N) is 1. The molecule has 1 saturated heterocycles. The van der Waals surface area contributed by atoms with E-state index in [1.54, 1.807) is 6.20 Å². The largest absolute Gasteiger partial charge is 0.543 e. The third-order valence-corrected chi connectivity index (χ3v) is 7.45. The molecule has 4 heterocycles. The highest BCUT2D eigenvalue weighted by Gasteiger charge is 2.53. The summed E-state index contributed by atoms with van der Waals surface area (Å²) >= 11 is 2.21. The summed E-state index contributed by atoms with van der Waals surface area (Å²) in [5.74, 6) is -2.93. The van der Waals surface area contributed by atoms with E-state index in [0.717, 1.165) is 28.2 Å². The number of aryl methyl sites for hydroxylation is 1. The Labute approximate surface area is 211 Å². The number of hydrogen-bond acceptors (Lipinski definition) is 10. The maximum Gasteiger partial charge on any atom is 0.407 e. The van der Waals surface area contributed by atoms with Crippen LogP contribution >= 0.6 is 23.1 Å². The number of hydrogen-bond donors (Lipinski definition) is 2. The van der Waals surface area contributed by atoms with Gasteiger partial charge in [0, 0.05) is 28.3 Å². The molecule has 36 heavy (non-hydrogen) atoms. The molecule has 15 heteroatoms. The Bertz CT molecular complexity index is 1270. The first-order valence-electron chi connectivity index (χ1n) is 10.6. The molecule has 11 nitrogen and oxygen atoms in total. The van der Waals surface area contributed by atoms with Crippen LogP contribution in [0.5, 0.6) is 0 Å². The lowest BCUT2D eigenvalue weighted by Crippen LogP contribution is -2.71. The molecule has 1 fully saturated rings. The number of alkyl halides is 2. The molecule has 0 aromatic carbocycles. The zero-order valence-corrected chi connectivity index (χ0v) is 20.4. The van der Waals surface area contributed by atoms with Crippen LogP contribution in [0.1, 0.15) is 18.2 Å². The Morgan fingerprint density at radius 1 is 1.47 bits per heavy atom. The number of carboxylic acid groups (broad SMARTS) is 1. The fraction of sp³-hybridized carbons (Fsp3) is 0.333. The topological polar surface area (TPSA) is 154 Å². The number of carbonyl (C=O) groups is 3. The van der Waals surface area contributed by atoms with E-state index in [1.165, 1.54) is 17.1 Å². The Kier molecular flexibility index (Phi) is 7.49. The Morgan fingerprint density at radius 3 is 2.89 bits per heavy atom. The minimum Gasteiger partial charge on any atom is -0.543 e. The van der Waals surface area contributed by atoms with Crippen LogP contribution in [-0.4, -0.2) is 57.2 Å². The average molecular weight is 539 g/mol. The van der Waals surface area contributed by atoms with E-state index in [1.807, 2.05) is 29.8 Å². The summed E-state index contributed by atoms with van der Waals surface area (Å²) in [6.45, 7) is -1.05. The van der Waals surface area contributed by atoms with Crippen LogP contribution in [0.2, 0.25) is 0 Å². The average Bonchev–Trinajstić information content (AvgIpc) is 3.27. The highest BCUT2D eigenvalue weighted by molar-refractivity contribution is 8.00. The number of halogens is 2. The van der Waals surface area contributed by atoms with Crippen LogP contribution in [0.3, 0.4) is 0 Å². The van der Waals surface area contributed by atoms with Gasteiger partial charge < -0.3 is 25.8 Å². The number of nitrogens with zero attached hydrogens (tertiary/aromatic N) is 4. The lowest BCUT2D eigenvalue weighted by atomic mass is 10.0. The number of carboxylic acids is 1. The van der Waals surface area contributed by atoms with Crippen molar-refractivity contribution in [1.82, 2.24) is 15.2 Å². The van der Waals surface area contributed by atoms with Crippen LogP contribution in [0, 0.1) is 0 Å². The number of nitrogen functional groups attached to an aromatic ring is 1. The van der Waals surface area contributed by atoms with Crippen LogP contribution in [0.15, 0.2) is 46.3 Å². The number of rotatable bonds is 9. The van der Waals surface area contributed by atoms with E-state index < -0.39 is 41.5 Å². The molecule has 190 valence electrons. The van der Waals surface area contributed by atoms with Crippen molar-refractivity contribution in [2.75, 3.05) is 11.5 Å². The number of nitrogens with one attached hydrogen (secondary N) is 1. The van der Waals surface area contributed by atoms with Gasteiger partial charge in [-0.15, -0.1) is 23.1 Å². The predicted molar refractivity (Wildman–Crippen MR) is 123 cm³/mol. The van der Waals surface area contributed by atoms with Gasteiger partial charge in [0.05, 0.1) is 11.7 Å². The number of oxime groups is 1. The van der Waals surface area contributed by atoms with Crippen LogP contribution in [-0.2, 0) is 32.2 Å². The summed E-state index contributed by atoms with van der Waals surface area (Å²) in [4.78, 5) is 46.5. The van der Waals surface area contributed by atoms with E-state index in [0.29, 0.717) is 5.57 Å². The Balaban J connectivity index is 1.54. The molecule has 2 aliphatic rings. The quantitative estimate of drug-likeness (QED) is 0.190. The number of amides is 2. The van der Waals surface area contributed by atoms with Crippen molar-refractivity contribution in [3.05, 3.63) is 52.4 Å². The van der Waals surface area contributed by atoms with Gasteiger partial charge in [-0.25, -0.2) is 9.55 Å². The lowest BCUT2D eigenvalue weighted by molar-refractivity contribution is -0.689. The zero-order valence-electron chi connectivity index (χ0n) is 18.7. The summed E-state index contributed by atoms with van der Waals surface area (Å²) in [5, 5.41) is 18.2. The van der Waals surface area contributed by atoms with E-state index >= 15 is 0 Å². The van der Waals surface area contributed by atoms with Crippen LogP contribution in [0.25, 0.3) is 0 Å². The number of thiazole rings is 1. The zero-order chi connectivity index (χ0) is 26.0. The summed E-state index contributed by atoms with van der Waals surface area (Å²) < 4.78 is 26.9. The Hall–Kier alpha value is -3.59. The molecule has 2 amide bonds. The monoisotopic (exact) mass is 538 g/mol. The molecule has 3 N–H and O–H groups in total. The van der Waals surface area contributed by atoms with E-state index in [9.17, 15) is 28.3 Å². The number of thioether (sulfide) groups is 1. The molecule has 2 aliphatic heterocycles. The maximum atomic E-state index is 12.9. The second-order valence-electron chi connectivity index (χ2n) is 7.72. The number of carbonyl (C=O) groups excluding carboxylic acids is 3. The van der Waals surface area contributed by atoms with Crippen molar-refractivity contribution >= 4 is 51.7 Å². The number of anilines is 1. The second kappa shape index (κ2) is 10.6. The number of pyridine rings is 1. The highest BCUT2D eigenvalue weighted by atomic mass is 32.2. The number of aliphatic carboxylic acids is 1. The summed E-state index contributed by atoms with van der Waals surface area (Å²) in [6.07, 6.45) is 4.49. The first-order chi connectivity index (χ1) is 17.2. The molecular formula is C21H20F2N6O5S2. The van der Waals surface area contributed by atoms with E-state index in [2.05, 4.69) is 20.3 Å². The number of fused-ring (bicyclic) bond motifs is 1. The van der Waals surface area contributed by atoms with Gasteiger partial charge in [-0.05, 0) is 12.5 Å². The van der Waals surface area contributed by atoms with Gasteiger partial charge in [0.1, 0.15) is 17.1 Å². The minimum atomic E-state index is -3.29. The summed E-state index contributed by atoms with van der Waals surface area (Å²) in [5.41, 5.74) is 6.14. The normalized spacial score (nSPS) is 19.7. The van der Waals surface area contributed by atoms with Gasteiger partial charge >= 0.3 is 6.61 Å². The summed E-state index contributed by atoms with van der Waals surface area (Å²) in [6, 6.07) is 2.68. The molecule has 4 rings (SSSR count). The fourth-order valence-corrected chi connectivity index (χ4v) is 5.68. The van der Waals surface area contributed by atoms with Gasteiger partial charge in [-0.2, -0.15) is 8.78 Å². The first kappa shape index (κ1) is 25.5. The molecular weight excluding hydrogens is 518 g/mol. The van der Waals surface area contributed by atoms with Crippen molar-refractivity contribution in [3.8, 4) is 0 Å². The van der Waals surface area contributed by atoms with Gasteiger partial charge in [0.25, 0.3) is 11.8 Å². The standard InChI is InChI=1S/C21H20F2N6O5S2/c1-2-10-4-3-5-28(6-10)7-11-8-35-18-14(17(31)29(18)15(11)19(32)33)26-16(30)13(27-34-20(22)23)12-9-36-21(24)25-12/h3-6,9,14,18,20H,2,7-8H2,1H3,(H3-,24,25,26,30,32,33)/t14?,18-/m1/s1. The van der Waals surface area contributed by atoms with Crippen LogP contribution in [0.4, 0.5) is 13.9 Å². The van der Waals surface area contributed by atoms with E-state index in [4.69, 9.17) is 5.73 Å². The van der Waals surface area contributed by atoms with Gasteiger partial charge in [-0.3, -0.25) is 14.5 Å². The lowest BCUT2D eigenvalue weighted by Gasteiger charge is -2.50. The minimum absolute atomic E-state index is 0.0647. The second-order valence-corrected chi connectivity index (χ2v) is 9.71. The van der Waals surface area contributed by atoms with Crippen molar-refractivity contribution in [3.63, 3.8) is 0 Å². The Morgan fingerprint density at radius 2 is 2.25 bits per heavy atom. The summed E-state index contributed by atoms with van der Waals surface area (Å²) in [7, 11) is 0. The molecule has 0 radical (unpaired) electrons. The highest BCUT2D eigenvalue weighted by Crippen LogP contribution is 2.40.